The quantitative estimate of drug-likeness (QED) is 0.656. The highest BCUT2D eigenvalue weighted by Crippen LogP contribution is 2.32. The minimum atomic E-state index is -0.874. The molecule has 1 amide bonds. The molecule has 0 unspecified atom stereocenters. The molecular formula is C12H13N3O3S2. The van der Waals surface area contributed by atoms with Crippen LogP contribution in [0.2, 0.25) is 0 Å². The largest absolute Gasteiger partial charge is 0.481 e. The molecule has 0 aromatic carbocycles. The lowest BCUT2D eigenvalue weighted by Gasteiger charge is -2.13. The van der Waals surface area contributed by atoms with E-state index in [0.717, 1.165) is 5.56 Å². The van der Waals surface area contributed by atoms with Crippen LogP contribution in [0.15, 0.2) is 17.3 Å². The Balaban J connectivity index is 2.04. The van der Waals surface area contributed by atoms with Crippen LogP contribution < -0.4 is 0 Å². The van der Waals surface area contributed by atoms with E-state index in [1.165, 1.54) is 16.7 Å². The van der Waals surface area contributed by atoms with Crippen molar-refractivity contribution in [2.45, 2.75) is 12.8 Å². The summed E-state index contributed by atoms with van der Waals surface area (Å²) in [4.78, 5) is 24.6. The Kier molecular flexibility index (Phi) is 4.56. The topological polar surface area (TPSA) is 75.4 Å². The number of nitrogens with zero attached hydrogens (tertiary/aromatic N) is 3. The number of carboxylic acid groups (broad SMARTS) is 1. The summed E-state index contributed by atoms with van der Waals surface area (Å²) in [7, 11) is 1.80. The highest BCUT2D eigenvalue weighted by molar-refractivity contribution is 8.26. The zero-order valence-electron chi connectivity index (χ0n) is 10.8. The van der Waals surface area contributed by atoms with E-state index in [-0.39, 0.29) is 12.3 Å². The van der Waals surface area contributed by atoms with Crippen molar-refractivity contribution in [3.05, 3.63) is 22.9 Å². The van der Waals surface area contributed by atoms with Gasteiger partial charge in [0, 0.05) is 31.8 Å². The fourth-order valence-electron chi connectivity index (χ4n) is 1.75. The molecule has 6 nitrogen and oxygen atoms in total. The maximum absolute atomic E-state index is 12.2. The van der Waals surface area contributed by atoms with Crippen LogP contribution in [0.5, 0.6) is 0 Å². The number of carboxylic acids is 1. The summed E-state index contributed by atoms with van der Waals surface area (Å²) in [6.45, 7) is 0.335. The van der Waals surface area contributed by atoms with Crippen LogP contribution in [0.25, 0.3) is 6.08 Å². The van der Waals surface area contributed by atoms with Gasteiger partial charge in [-0.15, -0.1) is 0 Å². The van der Waals surface area contributed by atoms with Crippen molar-refractivity contribution in [3.8, 4) is 0 Å². The van der Waals surface area contributed by atoms with Crippen LogP contribution in [0, 0.1) is 0 Å². The Hall–Kier alpha value is -1.67. The third-order valence-corrected chi connectivity index (χ3v) is 4.05. The van der Waals surface area contributed by atoms with E-state index in [4.69, 9.17) is 17.3 Å². The first-order valence-corrected chi connectivity index (χ1v) is 7.15. The number of aliphatic carboxylic acids is 1. The summed E-state index contributed by atoms with van der Waals surface area (Å²) in [5, 5.41) is 12.6. The maximum atomic E-state index is 12.2. The lowest BCUT2D eigenvalue weighted by atomic mass is 10.3. The number of thioether (sulfide) groups is 1. The Morgan fingerprint density at radius 2 is 2.35 bits per heavy atom. The molecule has 1 aliphatic rings. The summed E-state index contributed by atoms with van der Waals surface area (Å²) in [6, 6.07) is 0. The zero-order chi connectivity index (χ0) is 14.7. The molecule has 0 saturated carbocycles. The van der Waals surface area contributed by atoms with Crippen molar-refractivity contribution in [1.29, 1.82) is 0 Å². The lowest BCUT2D eigenvalue weighted by Crippen LogP contribution is -2.29. The molecule has 1 aliphatic heterocycles. The predicted octanol–water partition coefficient (Wildman–Crippen LogP) is 1.49. The molecule has 1 aromatic rings. The van der Waals surface area contributed by atoms with E-state index in [0.29, 0.717) is 22.2 Å². The molecule has 0 aliphatic carbocycles. The van der Waals surface area contributed by atoms with E-state index in [2.05, 4.69) is 5.10 Å². The molecule has 2 heterocycles. The van der Waals surface area contributed by atoms with Gasteiger partial charge in [-0.2, -0.15) is 5.10 Å². The number of aromatic nitrogens is 2. The smallest absolute Gasteiger partial charge is 0.303 e. The molecular weight excluding hydrogens is 298 g/mol. The Bertz CT molecular complexity index is 595. The van der Waals surface area contributed by atoms with Crippen LogP contribution in [0.3, 0.4) is 0 Å². The standard InChI is InChI=1S/C12H13N3O3S2/c1-14-7-8(6-13-14)5-9-11(18)15(12(19)20-9)4-2-3-10(16)17/h5-7H,2-4H2,1H3,(H,16,17). The van der Waals surface area contributed by atoms with Crippen LogP contribution >= 0.6 is 24.0 Å². The van der Waals surface area contributed by atoms with E-state index in [1.54, 1.807) is 30.2 Å². The third kappa shape index (κ3) is 3.45. The fraction of sp³-hybridized carbons (Fsp3) is 0.333. The van der Waals surface area contributed by atoms with Crippen LogP contribution in [-0.4, -0.2) is 42.5 Å². The van der Waals surface area contributed by atoms with Crippen molar-refractivity contribution in [2.24, 2.45) is 7.05 Å². The van der Waals surface area contributed by atoms with Gasteiger partial charge in [-0.05, 0) is 12.5 Å². The second kappa shape index (κ2) is 6.19. The lowest BCUT2D eigenvalue weighted by molar-refractivity contribution is -0.137. The van der Waals surface area contributed by atoms with Gasteiger partial charge < -0.3 is 5.11 Å². The first-order chi connectivity index (χ1) is 9.47. The number of hydrogen-bond donors (Lipinski definition) is 1. The Labute approximate surface area is 125 Å². The molecule has 0 bridgehead atoms. The third-order valence-electron chi connectivity index (χ3n) is 2.67. The second-order valence-corrected chi connectivity index (χ2v) is 5.95. The van der Waals surface area contributed by atoms with Gasteiger partial charge in [0.25, 0.3) is 5.91 Å². The molecule has 1 saturated heterocycles. The van der Waals surface area contributed by atoms with Crippen molar-refractivity contribution in [2.75, 3.05) is 6.54 Å². The average molecular weight is 311 g/mol. The number of carbonyl (C=O) groups excluding carboxylic acids is 1. The van der Waals surface area contributed by atoms with Crippen molar-refractivity contribution in [3.63, 3.8) is 0 Å². The zero-order valence-corrected chi connectivity index (χ0v) is 12.4. The van der Waals surface area contributed by atoms with Gasteiger partial charge in [-0.1, -0.05) is 24.0 Å². The van der Waals surface area contributed by atoms with Crippen molar-refractivity contribution < 1.29 is 14.7 Å². The summed E-state index contributed by atoms with van der Waals surface area (Å²) in [5.74, 6) is -1.05. The highest BCUT2D eigenvalue weighted by Gasteiger charge is 2.31. The minimum Gasteiger partial charge on any atom is -0.481 e. The van der Waals surface area contributed by atoms with E-state index >= 15 is 0 Å². The predicted molar refractivity (Wildman–Crippen MR) is 80.0 cm³/mol. The van der Waals surface area contributed by atoms with Crippen LogP contribution in [0.4, 0.5) is 0 Å². The summed E-state index contributed by atoms with van der Waals surface area (Å²) in [6.07, 6.45) is 5.62. The Morgan fingerprint density at radius 3 is 2.95 bits per heavy atom. The summed E-state index contributed by atoms with van der Waals surface area (Å²) >= 11 is 6.38. The van der Waals surface area contributed by atoms with Gasteiger partial charge in [0.15, 0.2) is 0 Å². The monoisotopic (exact) mass is 311 g/mol. The first-order valence-electron chi connectivity index (χ1n) is 5.93. The molecule has 106 valence electrons. The maximum Gasteiger partial charge on any atom is 0.303 e. The van der Waals surface area contributed by atoms with Gasteiger partial charge in [-0.3, -0.25) is 19.2 Å². The second-order valence-electron chi connectivity index (χ2n) is 4.28. The molecule has 8 heteroatoms. The first kappa shape index (κ1) is 14.7. The SMILES string of the molecule is Cn1cc(C=C2SC(=S)N(CCCC(=O)O)C2=O)cn1. The number of hydrogen-bond acceptors (Lipinski definition) is 5. The van der Waals surface area contributed by atoms with E-state index in [9.17, 15) is 9.59 Å². The van der Waals surface area contributed by atoms with Gasteiger partial charge >= 0.3 is 5.97 Å². The highest BCUT2D eigenvalue weighted by atomic mass is 32.2. The van der Waals surface area contributed by atoms with Crippen molar-refractivity contribution >= 4 is 46.3 Å². The summed E-state index contributed by atoms with van der Waals surface area (Å²) < 4.78 is 2.12. The minimum absolute atomic E-state index is 0.0265. The molecule has 0 radical (unpaired) electrons. The molecule has 20 heavy (non-hydrogen) atoms. The van der Waals surface area contributed by atoms with E-state index in [1.807, 2.05) is 0 Å². The van der Waals surface area contributed by atoms with Crippen molar-refractivity contribution in [1.82, 2.24) is 14.7 Å². The number of rotatable bonds is 5. The number of aryl methyl sites for hydroxylation is 1. The normalized spacial score (nSPS) is 17.2. The van der Waals surface area contributed by atoms with Gasteiger partial charge in [-0.25, -0.2) is 0 Å². The molecule has 1 aromatic heterocycles. The van der Waals surface area contributed by atoms with Crippen LogP contribution in [-0.2, 0) is 16.6 Å². The number of amides is 1. The molecule has 2 rings (SSSR count). The molecule has 1 N–H and O–H groups in total. The fourth-order valence-corrected chi connectivity index (χ4v) is 3.06. The van der Waals surface area contributed by atoms with Crippen LogP contribution in [0.1, 0.15) is 18.4 Å². The number of carbonyl (C=O) groups is 2. The average Bonchev–Trinajstić information content (AvgIpc) is 2.88. The van der Waals surface area contributed by atoms with Gasteiger partial charge in [0.2, 0.25) is 0 Å². The molecule has 0 spiro atoms. The molecule has 1 fully saturated rings. The van der Waals surface area contributed by atoms with Gasteiger partial charge in [0.05, 0.1) is 11.1 Å². The van der Waals surface area contributed by atoms with E-state index < -0.39 is 5.97 Å². The summed E-state index contributed by atoms with van der Waals surface area (Å²) in [5.41, 5.74) is 0.832. The number of thiocarbonyl (C=S) groups is 1. The van der Waals surface area contributed by atoms with Gasteiger partial charge in [0.1, 0.15) is 4.32 Å². The molecule has 0 atom stereocenters. The Morgan fingerprint density at radius 1 is 1.60 bits per heavy atom.